The zero-order valence-electron chi connectivity index (χ0n) is 13.8. The molecule has 1 N–H and O–H groups in total. The Bertz CT molecular complexity index is 692. The lowest BCUT2D eigenvalue weighted by Gasteiger charge is -2.12. The lowest BCUT2D eigenvalue weighted by atomic mass is 10.2. The van der Waals surface area contributed by atoms with E-state index in [1.54, 1.807) is 13.2 Å². The van der Waals surface area contributed by atoms with Crippen LogP contribution in [0.4, 0.5) is 0 Å². The smallest absolute Gasteiger partial charge is 0.251 e. The highest BCUT2D eigenvalue weighted by molar-refractivity contribution is 6.29. The van der Waals surface area contributed by atoms with Gasteiger partial charge in [0.1, 0.15) is 5.15 Å². The number of pyridine rings is 1. The summed E-state index contributed by atoms with van der Waals surface area (Å²) in [6.45, 7) is 3.15. The van der Waals surface area contributed by atoms with Crippen molar-refractivity contribution in [1.82, 2.24) is 10.3 Å². The molecule has 2 rings (SSSR count). The molecule has 0 aliphatic rings. The van der Waals surface area contributed by atoms with Crippen LogP contribution in [0.15, 0.2) is 36.5 Å². The summed E-state index contributed by atoms with van der Waals surface area (Å²) in [4.78, 5) is 16.0. The Kier molecular flexibility index (Phi) is 6.88. The lowest BCUT2D eigenvalue weighted by molar-refractivity contribution is 0.0950. The highest BCUT2D eigenvalue weighted by Crippen LogP contribution is 2.28. The molecule has 24 heavy (non-hydrogen) atoms. The molecule has 0 atom stereocenters. The van der Waals surface area contributed by atoms with E-state index in [-0.39, 0.29) is 11.1 Å². The molecule has 0 aliphatic heterocycles. The third-order valence-electron chi connectivity index (χ3n) is 3.43. The molecule has 1 heterocycles. The van der Waals surface area contributed by atoms with E-state index in [1.165, 1.54) is 12.3 Å². The van der Waals surface area contributed by atoms with E-state index in [9.17, 15) is 4.79 Å². The Hall–Kier alpha value is -2.27. The highest BCUT2D eigenvalue weighted by Gasteiger charge is 2.09. The van der Waals surface area contributed by atoms with Crippen molar-refractivity contribution in [3.63, 3.8) is 0 Å². The lowest BCUT2D eigenvalue weighted by Crippen LogP contribution is -2.22. The number of carbonyl (C=O) groups is 1. The summed E-state index contributed by atoms with van der Waals surface area (Å²) in [5.41, 5.74) is 1.39. The van der Waals surface area contributed by atoms with Crippen molar-refractivity contribution in [2.45, 2.75) is 26.3 Å². The topological polar surface area (TPSA) is 60.5 Å². The van der Waals surface area contributed by atoms with E-state index in [2.05, 4.69) is 17.2 Å². The van der Waals surface area contributed by atoms with Gasteiger partial charge >= 0.3 is 0 Å². The zero-order chi connectivity index (χ0) is 17.4. The molecule has 0 saturated carbocycles. The van der Waals surface area contributed by atoms with Gasteiger partial charge in [0.05, 0.1) is 13.7 Å². The van der Waals surface area contributed by atoms with Crippen molar-refractivity contribution in [3.05, 3.63) is 52.8 Å². The number of unbranched alkanes of at least 4 members (excludes halogenated alkanes) is 1. The molecule has 5 nitrogen and oxygen atoms in total. The van der Waals surface area contributed by atoms with Crippen LogP contribution in [0.5, 0.6) is 11.5 Å². The van der Waals surface area contributed by atoms with Crippen LogP contribution in [0.2, 0.25) is 5.15 Å². The quantitative estimate of drug-likeness (QED) is 0.581. The van der Waals surface area contributed by atoms with Crippen LogP contribution in [-0.2, 0) is 6.54 Å². The molecule has 0 spiro atoms. The summed E-state index contributed by atoms with van der Waals surface area (Å²) in [6.07, 6.45) is 3.57. The average molecular weight is 349 g/mol. The van der Waals surface area contributed by atoms with Crippen LogP contribution < -0.4 is 14.8 Å². The monoisotopic (exact) mass is 348 g/mol. The first kappa shape index (κ1) is 18.1. The Morgan fingerprint density at radius 2 is 2.08 bits per heavy atom. The number of ether oxygens (including phenoxy) is 2. The van der Waals surface area contributed by atoms with Gasteiger partial charge in [0.2, 0.25) is 0 Å². The summed E-state index contributed by atoms with van der Waals surface area (Å²) in [7, 11) is 1.60. The average Bonchev–Trinajstić information content (AvgIpc) is 2.60. The highest BCUT2D eigenvalue weighted by atomic mass is 35.5. The number of aromatic nitrogens is 1. The molecule has 1 aromatic carbocycles. The molecule has 6 heteroatoms. The number of carbonyl (C=O) groups excluding carboxylic acids is 1. The first-order valence-corrected chi connectivity index (χ1v) is 8.21. The predicted octanol–water partition coefficient (Wildman–Crippen LogP) is 3.85. The number of methoxy groups -OCH3 is 1. The standard InChI is InChI=1S/C18H21ClN2O3/c1-3-4-9-24-15-6-5-13(10-16(15)23-2)12-21-18(22)14-7-8-20-17(19)11-14/h5-8,10-11H,3-4,9,12H2,1-2H3,(H,21,22). The largest absolute Gasteiger partial charge is 0.493 e. The summed E-state index contributed by atoms with van der Waals surface area (Å²) >= 11 is 5.79. The first-order valence-electron chi connectivity index (χ1n) is 7.83. The fourth-order valence-electron chi connectivity index (χ4n) is 2.10. The maximum atomic E-state index is 12.1. The number of amides is 1. The molecule has 0 saturated heterocycles. The summed E-state index contributed by atoms with van der Waals surface area (Å²) in [5.74, 6) is 1.16. The van der Waals surface area contributed by atoms with Gasteiger partial charge < -0.3 is 14.8 Å². The van der Waals surface area contributed by atoms with E-state index in [1.807, 2.05) is 18.2 Å². The molecule has 0 aliphatic carbocycles. The molecular formula is C18H21ClN2O3. The van der Waals surface area contributed by atoms with Crippen LogP contribution in [0.3, 0.4) is 0 Å². The number of nitrogens with zero attached hydrogens (tertiary/aromatic N) is 1. The van der Waals surface area contributed by atoms with Gasteiger partial charge in [-0.1, -0.05) is 31.0 Å². The Morgan fingerprint density at radius 1 is 1.25 bits per heavy atom. The predicted molar refractivity (Wildman–Crippen MR) is 93.8 cm³/mol. The van der Waals surface area contributed by atoms with Crippen LogP contribution in [0.25, 0.3) is 0 Å². The van der Waals surface area contributed by atoms with Crippen molar-refractivity contribution in [1.29, 1.82) is 0 Å². The maximum absolute atomic E-state index is 12.1. The SMILES string of the molecule is CCCCOc1ccc(CNC(=O)c2ccnc(Cl)c2)cc1OC. The minimum absolute atomic E-state index is 0.207. The summed E-state index contributed by atoms with van der Waals surface area (Å²) < 4.78 is 11.1. The van der Waals surface area contributed by atoms with Gasteiger partial charge in [-0.05, 0) is 36.2 Å². The van der Waals surface area contributed by atoms with Gasteiger partial charge in [-0.3, -0.25) is 4.79 Å². The van der Waals surface area contributed by atoms with E-state index in [0.717, 1.165) is 18.4 Å². The van der Waals surface area contributed by atoms with Crippen molar-refractivity contribution in [2.24, 2.45) is 0 Å². The molecule has 1 amide bonds. The molecule has 2 aromatic rings. The van der Waals surface area contributed by atoms with Crippen molar-refractivity contribution in [3.8, 4) is 11.5 Å². The Morgan fingerprint density at radius 3 is 2.79 bits per heavy atom. The van der Waals surface area contributed by atoms with E-state index >= 15 is 0 Å². The fraction of sp³-hybridized carbons (Fsp3) is 0.333. The van der Waals surface area contributed by atoms with E-state index in [4.69, 9.17) is 21.1 Å². The van der Waals surface area contributed by atoms with Crippen molar-refractivity contribution in [2.75, 3.05) is 13.7 Å². The third-order valence-corrected chi connectivity index (χ3v) is 3.63. The van der Waals surface area contributed by atoms with Crippen LogP contribution in [-0.4, -0.2) is 24.6 Å². The Labute approximate surface area is 147 Å². The van der Waals surface area contributed by atoms with E-state index < -0.39 is 0 Å². The second kappa shape index (κ2) is 9.13. The second-order valence-corrected chi connectivity index (χ2v) is 5.62. The number of benzene rings is 1. The maximum Gasteiger partial charge on any atom is 0.251 e. The number of hydrogen-bond acceptors (Lipinski definition) is 4. The fourth-order valence-corrected chi connectivity index (χ4v) is 2.27. The molecule has 1 aromatic heterocycles. The van der Waals surface area contributed by atoms with Crippen LogP contribution >= 0.6 is 11.6 Å². The van der Waals surface area contributed by atoms with Crippen LogP contribution in [0.1, 0.15) is 35.7 Å². The minimum Gasteiger partial charge on any atom is -0.493 e. The van der Waals surface area contributed by atoms with Crippen molar-refractivity contribution < 1.29 is 14.3 Å². The van der Waals surface area contributed by atoms with Gasteiger partial charge in [0.15, 0.2) is 11.5 Å². The first-order chi connectivity index (χ1) is 11.6. The molecule has 0 radical (unpaired) electrons. The molecular weight excluding hydrogens is 328 g/mol. The van der Waals surface area contributed by atoms with Crippen LogP contribution in [0, 0.1) is 0 Å². The number of rotatable bonds is 8. The van der Waals surface area contributed by atoms with Gasteiger partial charge in [-0.2, -0.15) is 0 Å². The summed E-state index contributed by atoms with van der Waals surface area (Å²) in [6, 6.07) is 8.78. The third kappa shape index (κ3) is 5.13. The number of halogens is 1. The summed E-state index contributed by atoms with van der Waals surface area (Å²) in [5, 5.41) is 3.13. The van der Waals surface area contributed by atoms with Gasteiger partial charge in [0, 0.05) is 18.3 Å². The molecule has 0 bridgehead atoms. The van der Waals surface area contributed by atoms with Crippen molar-refractivity contribution >= 4 is 17.5 Å². The van der Waals surface area contributed by atoms with E-state index in [0.29, 0.717) is 30.2 Å². The molecule has 128 valence electrons. The second-order valence-electron chi connectivity index (χ2n) is 5.24. The molecule has 0 unspecified atom stereocenters. The van der Waals surface area contributed by atoms with Gasteiger partial charge in [-0.15, -0.1) is 0 Å². The number of nitrogens with one attached hydrogen (secondary N) is 1. The molecule has 0 fully saturated rings. The van der Waals surface area contributed by atoms with Gasteiger partial charge in [-0.25, -0.2) is 4.98 Å². The van der Waals surface area contributed by atoms with Gasteiger partial charge in [0.25, 0.3) is 5.91 Å². The zero-order valence-corrected chi connectivity index (χ0v) is 14.6. The Balaban J connectivity index is 1.98. The minimum atomic E-state index is -0.207. The normalized spacial score (nSPS) is 10.3. The number of hydrogen-bond donors (Lipinski definition) is 1.